The second-order valence-corrected chi connectivity index (χ2v) is 3.55. The molecule has 1 aromatic rings. The van der Waals surface area contributed by atoms with E-state index in [1.54, 1.807) is 22.6 Å². The van der Waals surface area contributed by atoms with E-state index >= 15 is 0 Å². The van der Waals surface area contributed by atoms with Crippen LogP contribution < -0.4 is 0 Å². The molecule has 6 nitrogen and oxygen atoms in total. The Bertz CT molecular complexity index is 386. The van der Waals surface area contributed by atoms with Crippen LogP contribution in [0.3, 0.4) is 0 Å². The Hall–Kier alpha value is -1.72. The largest absolute Gasteiger partial charge is 0.337 e. The maximum atomic E-state index is 11.9. The van der Waals surface area contributed by atoms with Crippen LogP contribution in [0.5, 0.6) is 0 Å². The number of aromatic nitrogens is 4. The van der Waals surface area contributed by atoms with Crippen molar-refractivity contribution in [1.29, 1.82) is 0 Å². The van der Waals surface area contributed by atoms with Gasteiger partial charge in [0.05, 0.1) is 0 Å². The molecule has 1 amide bonds. The predicted molar refractivity (Wildman–Crippen MR) is 53.0 cm³/mol. The van der Waals surface area contributed by atoms with Crippen molar-refractivity contribution in [2.75, 3.05) is 13.1 Å². The lowest BCUT2D eigenvalue weighted by molar-refractivity contribution is -0.130. The summed E-state index contributed by atoms with van der Waals surface area (Å²) in [4.78, 5) is 13.7. The van der Waals surface area contributed by atoms with Gasteiger partial charge in [0.15, 0.2) is 0 Å². The Morgan fingerprint density at radius 3 is 3.07 bits per heavy atom. The summed E-state index contributed by atoms with van der Waals surface area (Å²) in [5.41, 5.74) is 0. The molecule has 0 N–H and O–H groups in total. The van der Waals surface area contributed by atoms with Crippen LogP contribution in [0.15, 0.2) is 12.7 Å². The van der Waals surface area contributed by atoms with Gasteiger partial charge in [-0.1, -0.05) is 6.08 Å². The summed E-state index contributed by atoms with van der Waals surface area (Å²) >= 11 is 0. The van der Waals surface area contributed by atoms with E-state index in [1.807, 2.05) is 0 Å². The van der Waals surface area contributed by atoms with Crippen LogP contribution in [0.4, 0.5) is 0 Å². The normalized spacial score (nSPS) is 21.0. The smallest absolute Gasteiger partial charge is 0.247 e. The lowest BCUT2D eigenvalue weighted by atomic mass is 10.2. The third-order valence-corrected chi connectivity index (χ3v) is 2.57. The van der Waals surface area contributed by atoms with Gasteiger partial charge in [-0.15, -0.1) is 11.7 Å². The molecule has 2 heterocycles. The van der Waals surface area contributed by atoms with Crippen LogP contribution in [0.25, 0.3) is 0 Å². The topological polar surface area (TPSA) is 63.9 Å². The first-order valence-electron chi connectivity index (χ1n) is 4.88. The van der Waals surface area contributed by atoms with E-state index in [-0.39, 0.29) is 11.9 Å². The minimum absolute atomic E-state index is 0.0744. The average Bonchev–Trinajstić information content (AvgIpc) is 2.76. The van der Waals surface area contributed by atoms with E-state index in [0.29, 0.717) is 12.4 Å². The number of amides is 1. The molecule has 1 saturated heterocycles. The highest BCUT2D eigenvalue weighted by atomic mass is 16.2. The second-order valence-electron chi connectivity index (χ2n) is 3.55. The second kappa shape index (κ2) is 3.80. The van der Waals surface area contributed by atoms with Crippen molar-refractivity contribution in [2.24, 2.45) is 0 Å². The number of tetrazole rings is 1. The van der Waals surface area contributed by atoms with Gasteiger partial charge in [-0.3, -0.25) is 4.79 Å². The Kier molecular flexibility index (Phi) is 2.49. The SMILES string of the molecule is C=CCN1CCC(n2nnnc2C)C1=O. The van der Waals surface area contributed by atoms with Gasteiger partial charge < -0.3 is 4.90 Å². The van der Waals surface area contributed by atoms with Crippen molar-refractivity contribution < 1.29 is 4.79 Å². The molecule has 1 aliphatic rings. The van der Waals surface area contributed by atoms with E-state index < -0.39 is 0 Å². The van der Waals surface area contributed by atoms with Crippen LogP contribution >= 0.6 is 0 Å². The molecule has 0 radical (unpaired) electrons. The molecule has 15 heavy (non-hydrogen) atoms. The van der Waals surface area contributed by atoms with Crippen LogP contribution in [-0.4, -0.2) is 44.1 Å². The van der Waals surface area contributed by atoms with Gasteiger partial charge in [-0.05, 0) is 23.8 Å². The molecule has 1 aliphatic heterocycles. The molecule has 80 valence electrons. The zero-order chi connectivity index (χ0) is 10.8. The summed E-state index contributed by atoms with van der Waals surface area (Å²) < 4.78 is 1.59. The van der Waals surface area contributed by atoms with E-state index in [1.165, 1.54) is 0 Å². The predicted octanol–water partition coefficient (Wildman–Crippen LogP) is -0.0591. The van der Waals surface area contributed by atoms with Gasteiger partial charge >= 0.3 is 0 Å². The Labute approximate surface area is 87.6 Å². The van der Waals surface area contributed by atoms with Gasteiger partial charge in [0.1, 0.15) is 11.9 Å². The van der Waals surface area contributed by atoms with Crippen LogP contribution in [0.2, 0.25) is 0 Å². The van der Waals surface area contributed by atoms with E-state index in [0.717, 1.165) is 13.0 Å². The highest BCUT2D eigenvalue weighted by Gasteiger charge is 2.33. The van der Waals surface area contributed by atoms with Crippen molar-refractivity contribution in [3.63, 3.8) is 0 Å². The minimum atomic E-state index is -0.236. The van der Waals surface area contributed by atoms with Gasteiger partial charge in [-0.2, -0.15) is 0 Å². The van der Waals surface area contributed by atoms with Gasteiger partial charge in [0.2, 0.25) is 5.91 Å². The van der Waals surface area contributed by atoms with E-state index in [2.05, 4.69) is 22.1 Å². The van der Waals surface area contributed by atoms with Crippen molar-refractivity contribution in [1.82, 2.24) is 25.1 Å². The molecule has 6 heteroatoms. The molecule has 2 rings (SSSR count). The maximum absolute atomic E-state index is 11.9. The number of hydrogen-bond acceptors (Lipinski definition) is 4. The molecule has 1 atom stereocenters. The van der Waals surface area contributed by atoms with Crippen molar-refractivity contribution in [3.05, 3.63) is 18.5 Å². The molecule has 0 spiro atoms. The zero-order valence-electron chi connectivity index (χ0n) is 8.63. The van der Waals surface area contributed by atoms with Gasteiger partial charge in [0.25, 0.3) is 0 Å². The third-order valence-electron chi connectivity index (χ3n) is 2.57. The molecular formula is C9H13N5O. The van der Waals surface area contributed by atoms with Gasteiger partial charge in [0, 0.05) is 13.1 Å². The molecular weight excluding hydrogens is 194 g/mol. The summed E-state index contributed by atoms with van der Waals surface area (Å²) in [5.74, 6) is 0.749. The number of carbonyl (C=O) groups excluding carboxylic acids is 1. The fourth-order valence-corrected chi connectivity index (χ4v) is 1.81. The number of aryl methyl sites for hydroxylation is 1. The zero-order valence-corrected chi connectivity index (χ0v) is 8.63. The molecule has 0 aromatic carbocycles. The Morgan fingerprint density at radius 2 is 2.47 bits per heavy atom. The monoisotopic (exact) mass is 207 g/mol. The molecule has 1 fully saturated rings. The standard InChI is InChI=1S/C9H13N5O/c1-3-5-13-6-4-8(9(13)15)14-7(2)10-11-12-14/h3,8H,1,4-6H2,2H3. The highest BCUT2D eigenvalue weighted by molar-refractivity contribution is 5.82. The lowest BCUT2D eigenvalue weighted by Crippen LogP contribution is -2.29. The van der Waals surface area contributed by atoms with E-state index in [9.17, 15) is 4.79 Å². The summed E-state index contributed by atoms with van der Waals surface area (Å²) in [6, 6.07) is -0.236. The van der Waals surface area contributed by atoms with E-state index in [4.69, 9.17) is 0 Å². The van der Waals surface area contributed by atoms with Crippen molar-refractivity contribution in [2.45, 2.75) is 19.4 Å². The first kappa shape index (κ1) is 9.82. The molecule has 1 aromatic heterocycles. The number of hydrogen-bond donors (Lipinski definition) is 0. The highest BCUT2D eigenvalue weighted by Crippen LogP contribution is 2.22. The average molecular weight is 207 g/mol. The van der Waals surface area contributed by atoms with Crippen LogP contribution in [0.1, 0.15) is 18.3 Å². The van der Waals surface area contributed by atoms with Gasteiger partial charge in [-0.25, -0.2) is 4.68 Å². The van der Waals surface area contributed by atoms with Crippen molar-refractivity contribution in [3.8, 4) is 0 Å². The minimum Gasteiger partial charge on any atom is -0.337 e. The molecule has 0 saturated carbocycles. The fourth-order valence-electron chi connectivity index (χ4n) is 1.81. The number of likely N-dealkylation sites (tertiary alicyclic amines) is 1. The lowest BCUT2D eigenvalue weighted by Gasteiger charge is -2.13. The maximum Gasteiger partial charge on any atom is 0.247 e. The first-order valence-corrected chi connectivity index (χ1v) is 4.88. The fraction of sp³-hybridized carbons (Fsp3) is 0.556. The quantitative estimate of drug-likeness (QED) is 0.651. The molecule has 0 aliphatic carbocycles. The number of rotatable bonds is 3. The summed E-state index contributed by atoms with van der Waals surface area (Å²) in [7, 11) is 0. The number of carbonyl (C=O) groups is 1. The Balaban J connectivity index is 2.17. The van der Waals surface area contributed by atoms with Crippen LogP contribution in [0, 0.1) is 6.92 Å². The van der Waals surface area contributed by atoms with Crippen LogP contribution in [-0.2, 0) is 4.79 Å². The number of nitrogens with zero attached hydrogens (tertiary/aromatic N) is 5. The van der Waals surface area contributed by atoms with Crippen molar-refractivity contribution >= 4 is 5.91 Å². The summed E-state index contributed by atoms with van der Waals surface area (Å²) in [6.07, 6.45) is 2.49. The summed E-state index contributed by atoms with van der Waals surface area (Å²) in [6.45, 7) is 6.76. The third kappa shape index (κ3) is 1.62. The molecule has 1 unspecified atom stereocenters. The molecule has 0 bridgehead atoms. The Morgan fingerprint density at radius 1 is 1.67 bits per heavy atom. The first-order chi connectivity index (χ1) is 7.24. The summed E-state index contributed by atoms with van der Waals surface area (Å²) in [5, 5.41) is 11.1.